The van der Waals surface area contributed by atoms with Gasteiger partial charge in [0.2, 0.25) is 0 Å². The Hall–Kier alpha value is -1.73. The summed E-state index contributed by atoms with van der Waals surface area (Å²) in [5, 5.41) is 12.8. The molecule has 0 saturated carbocycles. The Morgan fingerprint density at radius 2 is 1.71 bits per heavy atom. The number of hydrogen-bond donors (Lipinski definition) is 2. The average molecular weight is 447 g/mol. The van der Waals surface area contributed by atoms with Gasteiger partial charge < -0.3 is 15.3 Å². The van der Waals surface area contributed by atoms with E-state index in [1.807, 2.05) is 0 Å². The van der Waals surface area contributed by atoms with Crippen LogP contribution in [0, 0.1) is 5.82 Å². The van der Waals surface area contributed by atoms with E-state index < -0.39 is 5.91 Å². The van der Waals surface area contributed by atoms with Gasteiger partial charge in [0.25, 0.3) is 5.91 Å². The van der Waals surface area contributed by atoms with Crippen molar-refractivity contribution in [1.29, 1.82) is 0 Å². The van der Waals surface area contributed by atoms with Crippen molar-refractivity contribution >= 4 is 46.4 Å². The molecule has 0 spiro atoms. The normalized spacial score (nSPS) is 14.9. The van der Waals surface area contributed by atoms with E-state index in [-0.39, 0.29) is 32.2 Å². The molecule has 1 amide bonds. The lowest BCUT2D eigenvalue weighted by atomic mass is 10.2. The van der Waals surface area contributed by atoms with E-state index in [9.17, 15) is 14.3 Å². The van der Waals surface area contributed by atoms with Gasteiger partial charge in [-0.2, -0.15) is 0 Å². The number of piperazine rings is 1. The Morgan fingerprint density at radius 3 is 2.36 bits per heavy atom. The van der Waals surface area contributed by atoms with Crippen LogP contribution in [0.4, 0.5) is 10.1 Å². The molecule has 0 aromatic heterocycles. The number of anilines is 1. The summed E-state index contributed by atoms with van der Waals surface area (Å²) >= 11 is 17.8. The van der Waals surface area contributed by atoms with Crippen molar-refractivity contribution in [1.82, 2.24) is 10.2 Å². The molecule has 1 saturated heterocycles. The minimum absolute atomic E-state index is 0.0311. The second-order valence-electron chi connectivity index (χ2n) is 6.44. The number of halogens is 4. The molecule has 0 radical (unpaired) electrons. The predicted molar refractivity (Wildman–Crippen MR) is 111 cm³/mol. The third-order valence-electron chi connectivity index (χ3n) is 4.65. The molecule has 1 aliphatic rings. The number of amides is 1. The lowest BCUT2D eigenvalue weighted by Crippen LogP contribution is -2.48. The second-order valence-corrected chi connectivity index (χ2v) is 7.63. The first kappa shape index (κ1) is 21.0. The van der Waals surface area contributed by atoms with Gasteiger partial charge in [-0.1, -0.05) is 34.8 Å². The first-order valence-electron chi connectivity index (χ1n) is 8.74. The predicted octanol–water partition coefficient (Wildman–Crippen LogP) is 4.04. The van der Waals surface area contributed by atoms with Crippen LogP contribution in [0.1, 0.15) is 10.4 Å². The number of aromatic hydroxyl groups is 1. The van der Waals surface area contributed by atoms with Crippen LogP contribution in [-0.2, 0) is 0 Å². The summed E-state index contributed by atoms with van der Waals surface area (Å²) in [5.41, 5.74) is 0.873. The van der Waals surface area contributed by atoms with Gasteiger partial charge in [0.05, 0.1) is 15.1 Å². The smallest absolute Gasteiger partial charge is 0.256 e. The Kier molecular flexibility index (Phi) is 6.88. The standard InChI is InChI=1S/C19H19Cl3FN3O2/c20-14-11-15(21)18(27)16(17(14)22)19(28)24-5-6-25-7-9-26(10-8-25)13-3-1-12(23)2-4-13/h1-4,11,27H,5-10H2,(H,24,28). The molecule has 2 N–H and O–H groups in total. The van der Waals surface area contributed by atoms with Gasteiger partial charge in [0.1, 0.15) is 17.1 Å². The fourth-order valence-electron chi connectivity index (χ4n) is 3.09. The van der Waals surface area contributed by atoms with Gasteiger partial charge in [-0.25, -0.2) is 4.39 Å². The summed E-state index contributed by atoms with van der Waals surface area (Å²) in [6.07, 6.45) is 0. The zero-order valence-electron chi connectivity index (χ0n) is 14.9. The van der Waals surface area contributed by atoms with Crippen LogP contribution in [-0.4, -0.2) is 55.2 Å². The zero-order chi connectivity index (χ0) is 20.3. The highest BCUT2D eigenvalue weighted by Gasteiger charge is 2.22. The van der Waals surface area contributed by atoms with Crippen molar-refractivity contribution in [3.63, 3.8) is 0 Å². The van der Waals surface area contributed by atoms with E-state index in [4.69, 9.17) is 34.8 Å². The molecule has 150 valence electrons. The van der Waals surface area contributed by atoms with E-state index in [2.05, 4.69) is 15.1 Å². The summed E-state index contributed by atoms with van der Waals surface area (Å²) in [7, 11) is 0. The number of carbonyl (C=O) groups excluding carboxylic acids is 1. The van der Waals surface area contributed by atoms with E-state index in [1.54, 1.807) is 12.1 Å². The van der Waals surface area contributed by atoms with E-state index in [0.29, 0.717) is 13.1 Å². The van der Waals surface area contributed by atoms with Gasteiger partial charge >= 0.3 is 0 Å². The summed E-state index contributed by atoms with van der Waals surface area (Å²) < 4.78 is 13.0. The highest BCUT2D eigenvalue weighted by atomic mass is 35.5. The summed E-state index contributed by atoms with van der Waals surface area (Å²) in [6.45, 7) is 4.31. The third-order valence-corrected chi connectivity index (χ3v) is 5.73. The third kappa shape index (κ3) is 4.81. The van der Waals surface area contributed by atoms with Crippen LogP contribution in [0.25, 0.3) is 0 Å². The van der Waals surface area contributed by atoms with Crippen molar-refractivity contribution in [3.8, 4) is 5.75 Å². The maximum Gasteiger partial charge on any atom is 0.256 e. The van der Waals surface area contributed by atoms with Gasteiger partial charge in [-0.15, -0.1) is 0 Å². The Labute approximate surface area is 177 Å². The van der Waals surface area contributed by atoms with Gasteiger partial charge in [0.15, 0.2) is 0 Å². The number of phenols is 1. The molecule has 0 bridgehead atoms. The van der Waals surface area contributed by atoms with Crippen molar-refractivity contribution in [2.75, 3.05) is 44.2 Å². The molecule has 3 rings (SSSR count). The lowest BCUT2D eigenvalue weighted by molar-refractivity contribution is 0.0945. The van der Waals surface area contributed by atoms with Crippen LogP contribution in [0.5, 0.6) is 5.75 Å². The van der Waals surface area contributed by atoms with E-state index in [0.717, 1.165) is 31.9 Å². The van der Waals surface area contributed by atoms with Crippen molar-refractivity contribution in [3.05, 3.63) is 56.8 Å². The average Bonchev–Trinajstić information content (AvgIpc) is 2.68. The molecule has 0 atom stereocenters. The van der Waals surface area contributed by atoms with Crippen LogP contribution >= 0.6 is 34.8 Å². The number of nitrogens with zero attached hydrogens (tertiary/aromatic N) is 2. The molecule has 1 fully saturated rings. The first-order valence-corrected chi connectivity index (χ1v) is 9.87. The molecule has 2 aromatic rings. The first-order chi connectivity index (χ1) is 13.4. The number of rotatable bonds is 5. The lowest BCUT2D eigenvalue weighted by Gasteiger charge is -2.36. The molecule has 1 aliphatic heterocycles. The zero-order valence-corrected chi connectivity index (χ0v) is 17.2. The number of hydrogen-bond acceptors (Lipinski definition) is 4. The SMILES string of the molecule is O=C(NCCN1CCN(c2ccc(F)cc2)CC1)c1c(O)c(Cl)cc(Cl)c1Cl. The summed E-state index contributed by atoms with van der Waals surface area (Å²) in [6, 6.07) is 7.76. The molecular weight excluding hydrogens is 428 g/mol. The topological polar surface area (TPSA) is 55.8 Å². The van der Waals surface area contributed by atoms with Crippen molar-refractivity contribution < 1.29 is 14.3 Å². The Bertz CT molecular complexity index is 830. The van der Waals surface area contributed by atoms with E-state index >= 15 is 0 Å². The summed E-state index contributed by atoms with van der Waals surface area (Å²) in [5.74, 6) is -1.16. The largest absolute Gasteiger partial charge is 0.505 e. The summed E-state index contributed by atoms with van der Waals surface area (Å²) in [4.78, 5) is 16.8. The molecule has 28 heavy (non-hydrogen) atoms. The molecule has 0 aliphatic carbocycles. The number of nitrogens with one attached hydrogen (secondary N) is 1. The molecule has 1 heterocycles. The molecular formula is C19H19Cl3FN3O2. The maximum atomic E-state index is 13.0. The van der Waals surface area contributed by atoms with Crippen LogP contribution in [0.2, 0.25) is 15.1 Å². The molecule has 9 heteroatoms. The molecule has 2 aromatic carbocycles. The minimum Gasteiger partial charge on any atom is -0.505 e. The van der Waals surface area contributed by atoms with Crippen molar-refractivity contribution in [2.45, 2.75) is 0 Å². The number of benzene rings is 2. The minimum atomic E-state index is -0.531. The fourth-order valence-corrected chi connectivity index (χ4v) is 3.78. The molecule has 0 unspecified atom stereocenters. The van der Waals surface area contributed by atoms with Crippen LogP contribution < -0.4 is 10.2 Å². The number of phenolic OH excluding ortho intramolecular Hbond substituents is 1. The van der Waals surface area contributed by atoms with E-state index in [1.165, 1.54) is 18.2 Å². The van der Waals surface area contributed by atoms with Crippen molar-refractivity contribution in [2.24, 2.45) is 0 Å². The quantitative estimate of drug-likeness (QED) is 0.681. The van der Waals surface area contributed by atoms with Crippen LogP contribution in [0.15, 0.2) is 30.3 Å². The second kappa shape index (κ2) is 9.18. The molecule has 5 nitrogen and oxygen atoms in total. The fraction of sp³-hybridized carbons (Fsp3) is 0.316. The van der Waals surface area contributed by atoms with Crippen LogP contribution in [0.3, 0.4) is 0 Å². The van der Waals surface area contributed by atoms with Gasteiger partial charge in [0, 0.05) is 45.0 Å². The highest BCUT2D eigenvalue weighted by Crippen LogP contribution is 2.38. The highest BCUT2D eigenvalue weighted by molar-refractivity contribution is 6.45. The Balaban J connectivity index is 1.49. The number of carbonyl (C=O) groups is 1. The maximum absolute atomic E-state index is 13.0. The van der Waals surface area contributed by atoms with Gasteiger partial charge in [-0.3, -0.25) is 9.69 Å². The monoisotopic (exact) mass is 445 g/mol. The Morgan fingerprint density at radius 1 is 1.07 bits per heavy atom. The van der Waals surface area contributed by atoms with Gasteiger partial charge in [-0.05, 0) is 30.3 Å².